The lowest BCUT2D eigenvalue weighted by Crippen LogP contribution is -2.32. The van der Waals surface area contributed by atoms with Crippen molar-refractivity contribution < 1.29 is 9.59 Å². The second-order valence-electron chi connectivity index (χ2n) is 4.95. The Labute approximate surface area is 142 Å². The second-order valence-corrected chi connectivity index (χ2v) is 5.39. The van der Waals surface area contributed by atoms with Crippen LogP contribution in [0.15, 0.2) is 59.8 Å². The number of hydrogen-bond acceptors (Lipinski definition) is 3. The highest BCUT2D eigenvalue weighted by Gasteiger charge is 2.12. The fourth-order valence-electron chi connectivity index (χ4n) is 2.13. The van der Waals surface area contributed by atoms with Gasteiger partial charge in [0.1, 0.15) is 0 Å². The van der Waals surface area contributed by atoms with Crippen LogP contribution in [0.2, 0.25) is 5.02 Å². The number of hydrogen-bond donors (Lipinski definition) is 3. The summed E-state index contributed by atoms with van der Waals surface area (Å²) in [6.07, 6.45) is 3.25. The molecular formula is C17H13ClN4O2. The van der Waals surface area contributed by atoms with Crippen molar-refractivity contribution in [3.8, 4) is 0 Å². The maximum absolute atomic E-state index is 11.8. The van der Waals surface area contributed by atoms with E-state index in [9.17, 15) is 9.59 Å². The van der Waals surface area contributed by atoms with Gasteiger partial charge in [0.2, 0.25) is 0 Å². The maximum Gasteiger partial charge on any atom is 0.329 e. The highest BCUT2D eigenvalue weighted by Crippen LogP contribution is 2.15. The van der Waals surface area contributed by atoms with Gasteiger partial charge in [0, 0.05) is 33.4 Å². The van der Waals surface area contributed by atoms with E-state index in [1.807, 2.05) is 24.3 Å². The Kier molecular flexibility index (Phi) is 4.58. The molecule has 0 aliphatic heterocycles. The molecule has 0 fully saturated rings. The van der Waals surface area contributed by atoms with E-state index in [0.29, 0.717) is 10.7 Å². The Morgan fingerprint density at radius 1 is 1.04 bits per heavy atom. The van der Waals surface area contributed by atoms with E-state index < -0.39 is 11.8 Å². The van der Waals surface area contributed by atoms with E-state index >= 15 is 0 Å². The second kappa shape index (κ2) is 6.97. The van der Waals surface area contributed by atoms with E-state index in [4.69, 9.17) is 11.6 Å². The normalized spacial score (nSPS) is 10.9. The Bertz CT molecular complexity index is 916. The summed E-state index contributed by atoms with van der Waals surface area (Å²) in [6.45, 7) is 0. The number of fused-ring (bicyclic) bond motifs is 1. The van der Waals surface area contributed by atoms with Crippen molar-refractivity contribution in [3.63, 3.8) is 0 Å². The first-order valence-corrected chi connectivity index (χ1v) is 7.47. The zero-order valence-corrected chi connectivity index (χ0v) is 13.2. The number of aromatic nitrogens is 1. The zero-order valence-electron chi connectivity index (χ0n) is 12.4. The highest BCUT2D eigenvalue weighted by atomic mass is 35.5. The molecule has 0 radical (unpaired) electrons. The fraction of sp³-hybridized carbons (Fsp3) is 0. The molecule has 2 aromatic carbocycles. The Hall–Kier alpha value is -3.12. The topological polar surface area (TPSA) is 86.3 Å². The smallest absolute Gasteiger partial charge is 0.329 e. The summed E-state index contributed by atoms with van der Waals surface area (Å²) in [5.74, 6) is -1.67. The number of carbonyl (C=O) groups is 2. The van der Waals surface area contributed by atoms with E-state index in [1.165, 1.54) is 6.21 Å². The predicted molar refractivity (Wildman–Crippen MR) is 94.1 cm³/mol. The van der Waals surface area contributed by atoms with Crippen LogP contribution >= 0.6 is 11.6 Å². The lowest BCUT2D eigenvalue weighted by Gasteiger charge is -2.03. The first-order valence-electron chi connectivity index (χ1n) is 7.09. The number of carbonyl (C=O) groups excluding carboxylic acids is 2. The van der Waals surface area contributed by atoms with Crippen LogP contribution in [0.3, 0.4) is 0 Å². The molecule has 1 aromatic heterocycles. The molecule has 120 valence electrons. The third-order valence-corrected chi connectivity index (χ3v) is 3.55. The number of halogens is 1. The Morgan fingerprint density at radius 2 is 1.79 bits per heavy atom. The standard InChI is InChI=1S/C17H13ClN4O2/c18-12-5-7-13(8-6-12)21-16(23)17(24)22-20-10-11-9-19-15-4-2-1-3-14(11)15/h1-10,19H,(H,21,23)(H,22,24)/b20-10+. The zero-order chi connectivity index (χ0) is 16.9. The van der Waals surface area contributed by atoms with Gasteiger partial charge in [-0.25, -0.2) is 5.43 Å². The number of aromatic amines is 1. The van der Waals surface area contributed by atoms with Gasteiger partial charge in [0.25, 0.3) is 0 Å². The van der Waals surface area contributed by atoms with Gasteiger partial charge in [-0.2, -0.15) is 5.10 Å². The van der Waals surface area contributed by atoms with Crippen molar-refractivity contribution in [1.82, 2.24) is 10.4 Å². The molecule has 0 saturated heterocycles. The molecule has 0 aliphatic rings. The van der Waals surface area contributed by atoms with Gasteiger partial charge in [-0.3, -0.25) is 9.59 Å². The molecule has 0 aliphatic carbocycles. The predicted octanol–water partition coefficient (Wildman–Crippen LogP) is 2.91. The van der Waals surface area contributed by atoms with Crippen LogP contribution in [0.4, 0.5) is 5.69 Å². The summed E-state index contributed by atoms with van der Waals surface area (Å²) < 4.78 is 0. The number of H-pyrrole nitrogens is 1. The first kappa shape index (κ1) is 15.8. The number of rotatable bonds is 3. The summed E-state index contributed by atoms with van der Waals surface area (Å²) in [5, 5.41) is 7.78. The van der Waals surface area contributed by atoms with Gasteiger partial charge in [-0.05, 0) is 30.3 Å². The third kappa shape index (κ3) is 3.61. The minimum absolute atomic E-state index is 0.472. The third-order valence-electron chi connectivity index (χ3n) is 3.30. The van der Waals surface area contributed by atoms with Gasteiger partial charge >= 0.3 is 11.8 Å². The minimum Gasteiger partial charge on any atom is -0.361 e. The SMILES string of the molecule is O=C(N/N=C/c1c[nH]c2ccccc12)C(=O)Nc1ccc(Cl)cc1. The van der Waals surface area contributed by atoms with Gasteiger partial charge in [0.15, 0.2) is 0 Å². The maximum atomic E-state index is 11.8. The van der Waals surface area contributed by atoms with Crippen LogP contribution in [0.1, 0.15) is 5.56 Å². The fourth-order valence-corrected chi connectivity index (χ4v) is 2.26. The average Bonchev–Trinajstić information content (AvgIpc) is 3.00. The number of nitrogens with one attached hydrogen (secondary N) is 3. The summed E-state index contributed by atoms with van der Waals surface area (Å²) in [7, 11) is 0. The number of nitrogens with zero attached hydrogens (tertiary/aromatic N) is 1. The summed E-state index contributed by atoms with van der Waals surface area (Å²) >= 11 is 5.76. The molecule has 3 N–H and O–H groups in total. The number of hydrazone groups is 1. The van der Waals surface area contributed by atoms with Crippen molar-refractivity contribution in [2.75, 3.05) is 5.32 Å². The number of amides is 2. The molecule has 0 atom stereocenters. The van der Waals surface area contributed by atoms with Gasteiger partial charge < -0.3 is 10.3 Å². The van der Waals surface area contributed by atoms with Gasteiger partial charge in [-0.15, -0.1) is 0 Å². The van der Waals surface area contributed by atoms with Gasteiger partial charge in [-0.1, -0.05) is 29.8 Å². The number of anilines is 1. The monoisotopic (exact) mass is 340 g/mol. The number of para-hydroxylation sites is 1. The summed E-state index contributed by atoms with van der Waals surface area (Å²) in [5.41, 5.74) is 4.44. The molecular weight excluding hydrogens is 328 g/mol. The van der Waals surface area contributed by atoms with Crippen molar-refractivity contribution in [2.24, 2.45) is 5.10 Å². The molecule has 7 heteroatoms. The van der Waals surface area contributed by atoms with E-state index in [1.54, 1.807) is 30.5 Å². The minimum atomic E-state index is -0.860. The molecule has 24 heavy (non-hydrogen) atoms. The first-order chi connectivity index (χ1) is 11.6. The molecule has 3 rings (SSSR count). The van der Waals surface area contributed by atoms with Crippen LogP contribution in [0.5, 0.6) is 0 Å². The lowest BCUT2D eigenvalue weighted by atomic mass is 10.2. The molecule has 0 spiro atoms. The molecule has 0 bridgehead atoms. The molecule has 0 unspecified atom stereocenters. The quantitative estimate of drug-likeness (QED) is 0.389. The van der Waals surface area contributed by atoms with Crippen LogP contribution in [0, 0.1) is 0 Å². The van der Waals surface area contributed by atoms with Crippen LogP contribution < -0.4 is 10.7 Å². The van der Waals surface area contributed by atoms with Crippen LogP contribution in [-0.4, -0.2) is 23.0 Å². The van der Waals surface area contributed by atoms with Gasteiger partial charge in [0.05, 0.1) is 6.21 Å². The molecule has 6 nitrogen and oxygen atoms in total. The number of benzene rings is 2. The molecule has 3 aromatic rings. The highest BCUT2D eigenvalue weighted by molar-refractivity contribution is 6.39. The largest absolute Gasteiger partial charge is 0.361 e. The Balaban J connectivity index is 1.60. The van der Waals surface area contributed by atoms with E-state index in [2.05, 4.69) is 20.8 Å². The molecule has 0 saturated carbocycles. The van der Waals surface area contributed by atoms with E-state index in [-0.39, 0.29) is 0 Å². The van der Waals surface area contributed by atoms with Crippen LogP contribution in [0.25, 0.3) is 10.9 Å². The van der Waals surface area contributed by atoms with E-state index in [0.717, 1.165) is 16.5 Å². The average molecular weight is 341 g/mol. The Morgan fingerprint density at radius 3 is 2.58 bits per heavy atom. The van der Waals surface area contributed by atoms with Crippen LogP contribution in [-0.2, 0) is 9.59 Å². The van der Waals surface area contributed by atoms with Crippen molar-refractivity contribution >= 4 is 46.2 Å². The summed E-state index contributed by atoms with van der Waals surface area (Å²) in [4.78, 5) is 26.6. The summed E-state index contributed by atoms with van der Waals surface area (Å²) in [6, 6.07) is 14.1. The van der Waals surface area contributed by atoms with Crippen molar-refractivity contribution in [3.05, 3.63) is 65.3 Å². The van der Waals surface area contributed by atoms with Crippen molar-refractivity contribution in [2.45, 2.75) is 0 Å². The molecule has 2 amide bonds. The lowest BCUT2D eigenvalue weighted by molar-refractivity contribution is -0.136. The van der Waals surface area contributed by atoms with Crippen molar-refractivity contribution in [1.29, 1.82) is 0 Å². The molecule has 1 heterocycles.